The van der Waals surface area contributed by atoms with Crippen LogP contribution in [0.1, 0.15) is 23.7 Å². The van der Waals surface area contributed by atoms with Crippen molar-refractivity contribution >= 4 is 36.5 Å². The summed E-state index contributed by atoms with van der Waals surface area (Å²) in [5.41, 5.74) is 0.680. The van der Waals surface area contributed by atoms with E-state index in [1.807, 2.05) is 6.07 Å². The Labute approximate surface area is 157 Å². The molecule has 0 aromatic carbocycles. The van der Waals surface area contributed by atoms with E-state index >= 15 is 0 Å². The summed E-state index contributed by atoms with van der Waals surface area (Å²) in [4.78, 5) is 21.1. The maximum absolute atomic E-state index is 12.2. The van der Waals surface area contributed by atoms with Crippen molar-refractivity contribution in [2.75, 3.05) is 57.8 Å². The fourth-order valence-electron chi connectivity index (χ4n) is 2.44. The Hall–Kier alpha value is -1.08. The van der Waals surface area contributed by atoms with Gasteiger partial charge in [0.05, 0.1) is 0 Å². The fourth-order valence-corrected chi connectivity index (χ4v) is 2.44. The van der Waals surface area contributed by atoms with E-state index in [2.05, 4.69) is 39.4 Å². The first-order chi connectivity index (χ1) is 10.7. The lowest BCUT2D eigenvalue weighted by Crippen LogP contribution is -2.44. The molecule has 0 atom stereocenters. The van der Waals surface area contributed by atoms with Gasteiger partial charge in [-0.05, 0) is 32.1 Å². The Morgan fingerprint density at radius 1 is 1.17 bits per heavy atom. The third-order valence-corrected chi connectivity index (χ3v) is 3.85. The van der Waals surface area contributed by atoms with Gasteiger partial charge in [-0.15, -0.1) is 24.8 Å². The molecule has 2 rings (SSSR count). The van der Waals surface area contributed by atoms with Crippen molar-refractivity contribution in [2.45, 2.75) is 13.3 Å². The van der Waals surface area contributed by atoms with Crippen LogP contribution in [0.3, 0.4) is 0 Å². The number of amides is 1. The second-order valence-electron chi connectivity index (χ2n) is 5.70. The van der Waals surface area contributed by atoms with Gasteiger partial charge in [-0.2, -0.15) is 0 Å². The molecule has 0 bridgehead atoms. The van der Waals surface area contributed by atoms with Crippen LogP contribution in [0.15, 0.2) is 18.3 Å². The highest BCUT2D eigenvalue weighted by molar-refractivity contribution is 5.94. The predicted octanol–water partition coefficient (Wildman–Crippen LogP) is 1.41. The van der Waals surface area contributed by atoms with Crippen LogP contribution in [0, 0.1) is 0 Å². The zero-order valence-electron chi connectivity index (χ0n) is 14.5. The van der Waals surface area contributed by atoms with Crippen LogP contribution < -0.4 is 15.5 Å². The van der Waals surface area contributed by atoms with Crippen LogP contribution in [0.25, 0.3) is 0 Å². The first-order valence-corrected chi connectivity index (χ1v) is 8.09. The molecule has 0 radical (unpaired) electrons. The highest BCUT2D eigenvalue weighted by Gasteiger charge is 2.16. The lowest BCUT2D eigenvalue weighted by atomic mass is 10.2. The van der Waals surface area contributed by atoms with Crippen LogP contribution in [0.5, 0.6) is 0 Å². The molecule has 138 valence electrons. The zero-order valence-corrected chi connectivity index (χ0v) is 16.1. The van der Waals surface area contributed by atoms with Gasteiger partial charge in [0.1, 0.15) is 5.82 Å². The molecule has 8 heteroatoms. The van der Waals surface area contributed by atoms with E-state index in [-0.39, 0.29) is 30.7 Å². The summed E-state index contributed by atoms with van der Waals surface area (Å²) >= 11 is 0. The van der Waals surface area contributed by atoms with Crippen LogP contribution in [0.2, 0.25) is 0 Å². The van der Waals surface area contributed by atoms with E-state index in [1.54, 1.807) is 12.3 Å². The van der Waals surface area contributed by atoms with Crippen molar-refractivity contribution in [1.82, 2.24) is 20.5 Å². The summed E-state index contributed by atoms with van der Waals surface area (Å²) in [6.07, 6.45) is 2.82. The summed E-state index contributed by atoms with van der Waals surface area (Å²) in [5, 5.41) is 6.21. The van der Waals surface area contributed by atoms with Crippen molar-refractivity contribution in [1.29, 1.82) is 0 Å². The minimum atomic E-state index is -0.0314. The van der Waals surface area contributed by atoms with Gasteiger partial charge in [0.2, 0.25) is 0 Å². The summed E-state index contributed by atoms with van der Waals surface area (Å²) in [6.45, 7) is 8.52. The SMILES string of the molecule is CCCNCCNC(=O)c1ccnc(N2CCN(C)CC2)c1.Cl.Cl. The van der Waals surface area contributed by atoms with Gasteiger partial charge in [-0.1, -0.05) is 6.92 Å². The molecule has 1 amide bonds. The Kier molecular flexibility index (Phi) is 11.8. The van der Waals surface area contributed by atoms with Gasteiger partial charge in [0.25, 0.3) is 5.91 Å². The average Bonchev–Trinajstić information content (AvgIpc) is 2.55. The Morgan fingerprint density at radius 3 is 2.54 bits per heavy atom. The second-order valence-corrected chi connectivity index (χ2v) is 5.70. The van der Waals surface area contributed by atoms with Crippen LogP contribution in [-0.4, -0.2) is 68.7 Å². The maximum Gasteiger partial charge on any atom is 0.251 e. The first kappa shape index (κ1) is 22.9. The number of piperazine rings is 1. The number of pyridine rings is 1. The normalized spacial score (nSPS) is 14.5. The molecule has 0 spiro atoms. The molecule has 0 unspecified atom stereocenters. The molecular formula is C16H29Cl2N5O. The number of aromatic nitrogens is 1. The third-order valence-electron chi connectivity index (χ3n) is 3.85. The topological polar surface area (TPSA) is 60.5 Å². The number of rotatable bonds is 7. The smallest absolute Gasteiger partial charge is 0.251 e. The van der Waals surface area contributed by atoms with E-state index < -0.39 is 0 Å². The van der Waals surface area contributed by atoms with Gasteiger partial charge < -0.3 is 20.4 Å². The standard InChI is InChI=1S/C16H27N5O.2ClH/c1-3-5-17-7-8-19-16(22)14-4-6-18-15(13-14)21-11-9-20(2)10-12-21;;/h4,6,13,17H,3,5,7-12H2,1-2H3,(H,19,22);2*1H. The molecule has 24 heavy (non-hydrogen) atoms. The third kappa shape index (κ3) is 7.21. The minimum Gasteiger partial charge on any atom is -0.354 e. The lowest BCUT2D eigenvalue weighted by molar-refractivity contribution is 0.0954. The molecule has 1 aliphatic heterocycles. The van der Waals surface area contributed by atoms with Gasteiger partial charge in [-0.3, -0.25) is 4.79 Å². The summed E-state index contributed by atoms with van der Waals surface area (Å²) in [7, 11) is 2.13. The molecule has 2 N–H and O–H groups in total. The molecule has 1 aromatic heterocycles. The fraction of sp³-hybridized carbons (Fsp3) is 0.625. The number of hydrogen-bond donors (Lipinski definition) is 2. The van der Waals surface area contributed by atoms with Crippen molar-refractivity contribution in [2.24, 2.45) is 0 Å². The van der Waals surface area contributed by atoms with Crippen LogP contribution >= 0.6 is 24.8 Å². The number of halogens is 2. The lowest BCUT2D eigenvalue weighted by Gasteiger charge is -2.33. The molecule has 6 nitrogen and oxygen atoms in total. The Balaban J connectivity index is 0.00000264. The number of carbonyl (C=O) groups is 1. The molecule has 1 fully saturated rings. The molecule has 1 aromatic rings. The number of carbonyl (C=O) groups excluding carboxylic acids is 1. The van der Waals surface area contributed by atoms with E-state index in [1.165, 1.54) is 0 Å². The van der Waals surface area contributed by atoms with Gasteiger partial charge >= 0.3 is 0 Å². The number of nitrogens with zero attached hydrogens (tertiary/aromatic N) is 3. The first-order valence-electron chi connectivity index (χ1n) is 8.09. The average molecular weight is 378 g/mol. The summed E-state index contributed by atoms with van der Waals surface area (Å²) in [6, 6.07) is 3.66. The summed E-state index contributed by atoms with van der Waals surface area (Å²) in [5.74, 6) is 0.862. The van der Waals surface area contributed by atoms with E-state index in [4.69, 9.17) is 0 Å². The highest BCUT2D eigenvalue weighted by Crippen LogP contribution is 2.14. The van der Waals surface area contributed by atoms with Crippen LogP contribution in [-0.2, 0) is 0 Å². The molecular weight excluding hydrogens is 349 g/mol. The number of likely N-dealkylation sites (N-methyl/N-ethyl adjacent to an activating group) is 1. The molecule has 0 aliphatic carbocycles. The minimum absolute atomic E-state index is 0. The largest absolute Gasteiger partial charge is 0.354 e. The van der Waals surface area contributed by atoms with Crippen molar-refractivity contribution in [3.8, 4) is 0 Å². The number of anilines is 1. The van der Waals surface area contributed by atoms with Gasteiger partial charge in [0.15, 0.2) is 0 Å². The second kappa shape index (κ2) is 12.3. The van der Waals surface area contributed by atoms with E-state index in [9.17, 15) is 4.79 Å². The van der Waals surface area contributed by atoms with E-state index in [0.29, 0.717) is 12.1 Å². The number of hydrogen-bond acceptors (Lipinski definition) is 5. The molecule has 1 saturated heterocycles. The molecule has 1 aliphatic rings. The highest BCUT2D eigenvalue weighted by atomic mass is 35.5. The summed E-state index contributed by atoms with van der Waals surface area (Å²) < 4.78 is 0. The number of nitrogens with one attached hydrogen (secondary N) is 2. The molecule has 0 saturated carbocycles. The van der Waals surface area contributed by atoms with Gasteiger partial charge in [0, 0.05) is 51.0 Å². The Morgan fingerprint density at radius 2 is 1.88 bits per heavy atom. The quantitative estimate of drug-likeness (QED) is 0.703. The van der Waals surface area contributed by atoms with Crippen molar-refractivity contribution in [3.05, 3.63) is 23.9 Å². The monoisotopic (exact) mass is 377 g/mol. The molecule has 2 heterocycles. The van der Waals surface area contributed by atoms with Crippen molar-refractivity contribution in [3.63, 3.8) is 0 Å². The zero-order chi connectivity index (χ0) is 15.8. The van der Waals surface area contributed by atoms with E-state index in [0.717, 1.165) is 51.5 Å². The van der Waals surface area contributed by atoms with Crippen molar-refractivity contribution < 1.29 is 4.79 Å². The maximum atomic E-state index is 12.2. The Bertz CT molecular complexity index is 481. The van der Waals surface area contributed by atoms with Crippen LogP contribution in [0.4, 0.5) is 5.82 Å². The predicted molar refractivity (Wildman–Crippen MR) is 104 cm³/mol. The van der Waals surface area contributed by atoms with Gasteiger partial charge in [-0.25, -0.2) is 4.98 Å².